The fourth-order valence-corrected chi connectivity index (χ4v) is 5.87. The molecule has 0 bridgehead atoms. The maximum atomic E-state index is 2.45. The fraction of sp³-hybridized carbons (Fsp3) is 0.152. The molecule has 0 fully saturated rings. The number of rotatable bonds is 2. The van der Waals surface area contributed by atoms with Crippen LogP contribution in [0.5, 0.6) is 0 Å². The molecule has 1 aliphatic carbocycles. The van der Waals surface area contributed by atoms with Crippen molar-refractivity contribution in [1.82, 2.24) is 0 Å². The Balaban J connectivity index is 1.86. The van der Waals surface area contributed by atoms with Gasteiger partial charge >= 0.3 is 0 Å². The molecule has 1 aliphatic rings. The minimum absolute atomic E-state index is 0.340. The third kappa shape index (κ3) is 2.77. The molecule has 0 nitrogen and oxygen atoms in total. The molecule has 33 heavy (non-hydrogen) atoms. The van der Waals surface area contributed by atoms with Gasteiger partial charge in [-0.05, 0) is 77.4 Å². The maximum Gasteiger partial charge on any atom is 0.0713 e. The predicted molar refractivity (Wildman–Crippen MR) is 140 cm³/mol. The van der Waals surface area contributed by atoms with Crippen molar-refractivity contribution in [2.24, 2.45) is 0 Å². The summed E-state index contributed by atoms with van der Waals surface area (Å²) in [5.41, 5.74) is 13.0. The van der Waals surface area contributed by atoms with Crippen LogP contribution in [-0.2, 0) is 5.41 Å². The summed E-state index contributed by atoms with van der Waals surface area (Å²) in [6.07, 6.45) is 0. The molecule has 0 heterocycles. The normalized spacial score (nSPS) is 13.7. The zero-order valence-corrected chi connectivity index (χ0v) is 19.7. The summed E-state index contributed by atoms with van der Waals surface area (Å²) in [4.78, 5) is 0. The van der Waals surface area contributed by atoms with E-state index >= 15 is 0 Å². The van der Waals surface area contributed by atoms with Gasteiger partial charge in [0.15, 0.2) is 0 Å². The molecule has 0 aliphatic heterocycles. The average molecular weight is 425 g/mol. The highest BCUT2D eigenvalue weighted by Gasteiger charge is 2.46. The fourth-order valence-electron chi connectivity index (χ4n) is 5.87. The molecule has 0 heteroatoms. The van der Waals surface area contributed by atoms with Gasteiger partial charge in [0.05, 0.1) is 5.41 Å². The van der Waals surface area contributed by atoms with E-state index in [9.17, 15) is 0 Å². The molecule has 5 aromatic rings. The second-order valence-corrected chi connectivity index (χ2v) is 9.69. The first-order valence-corrected chi connectivity index (χ1v) is 11.8. The van der Waals surface area contributed by atoms with E-state index in [1.54, 1.807) is 0 Å². The van der Waals surface area contributed by atoms with E-state index in [2.05, 4.69) is 125 Å². The Labute approximate surface area is 196 Å². The summed E-state index contributed by atoms with van der Waals surface area (Å²) in [6.45, 7) is 8.80. The van der Waals surface area contributed by atoms with Crippen molar-refractivity contribution >= 4 is 10.8 Å². The lowest BCUT2D eigenvalue weighted by molar-refractivity contribution is 0.766. The first kappa shape index (κ1) is 20.0. The van der Waals surface area contributed by atoms with E-state index in [0.29, 0.717) is 0 Å². The third-order valence-corrected chi connectivity index (χ3v) is 7.47. The maximum absolute atomic E-state index is 2.45. The molecule has 0 amide bonds. The van der Waals surface area contributed by atoms with Crippen LogP contribution in [0, 0.1) is 27.7 Å². The Morgan fingerprint density at radius 1 is 0.485 bits per heavy atom. The molecule has 0 atom stereocenters. The van der Waals surface area contributed by atoms with Gasteiger partial charge in [-0.25, -0.2) is 0 Å². The van der Waals surface area contributed by atoms with E-state index in [1.165, 1.54) is 66.4 Å². The quantitative estimate of drug-likeness (QED) is 0.262. The molecule has 5 aromatic carbocycles. The number of benzene rings is 5. The van der Waals surface area contributed by atoms with Crippen molar-refractivity contribution < 1.29 is 0 Å². The van der Waals surface area contributed by atoms with Crippen LogP contribution in [0.25, 0.3) is 21.9 Å². The summed E-state index contributed by atoms with van der Waals surface area (Å²) in [5, 5.41) is 2.69. The van der Waals surface area contributed by atoms with Crippen LogP contribution >= 0.6 is 0 Å². The lowest BCUT2D eigenvalue weighted by Gasteiger charge is -2.34. The monoisotopic (exact) mass is 424 g/mol. The SMILES string of the molecule is Cc1ccc(C2(c3ccc(C)cc3)c3cc(C)ccc3-c3c2cc(C)c2ccccc32)cc1. The minimum atomic E-state index is -0.340. The molecule has 0 unspecified atom stereocenters. The van der Waals surface area contributed by atoms with Crippen molar-refractivity contribution in [2.75, 3.05) is 0 Å². The molecule has 0 saturated heterocycles. The molecular formula is C33H28. The third-order valence-electron chi connectivity index (χ3n) is 7.47. The summed E-state index contributed by atoms with van der Waals surface area (Å²) in [5.74, 6) is 0. The number of aryl methyl sites for hydroxylation is 4. The minimum Gasteiger partial charge on any atom is -0.0616 e. The zero-order valence-electron chi connectivity index (χ0n) is 19.7. The van der Waals surface area contributed by atoms with Crippen molar-refractivity contribution in [2.45, 2.75) is 33.1 Å². The smallest absolute Gasteiger partial charge is 0.0616 e. The Morgan fingerprint density at radius 3 is 1.64 bits per heavy atom. The van der Waals surface area contributed by atoms with E-state index < -0.39 is 0 Å². The largest absolute Gasteiger partial charge is 0.0713 e. The van der Waals surface area contributed by atoms with Crippen LogP contribution in [0.3, 0.4) is 0 Å². The van der Waals surface area contributed by atoms with Crippen molar-refractivity contribution in [3.05, 3.63) is 142 Å². The lowest BCUT2D eigenvalue weighted by atomic mass is 9.67. The topological polar surface area (TPSA) is 0 Å². The van der Waals surface area contributed by atoms with Crippen LogP contribution < -0.4 is 0 Å². The van der Waals surface area contributed by atoms with Crippen LogP contribution in [0.2, 0.25) is 0 Å². The molecule has 6 rings (SSSR count). The van der Waals surface area contributed by atoms with Gasteiger partial charge in [0.1, 0.15) is 0 Å². The highest BCUT2D eigenvalue weighted by Crippen LogP contribution is 2.58. The number of fused-ring (bicyclic) bond motifs is 5. The lowest BCUT2D eigenvalue weighted by Crippen LogP contribution is -2.28. The standard InChI is InChI=1S/C33H28/c1-21-9-14-25(15-10-21)33(26-16-11-22(2)12-17-26)30-19-23(3)13-18-29(30)32-28-8-6-5-7-27(28)24(4)20-31(32)33/h5-20H,1-4H3. The van der Waals surface area contributed by atoms with Crippen LogP contribution in [0.4, 0.5) is 0 Å². The van der Waals surface area contributed by atoms with E-state index in [-0.39, 0.29) is 5.41 Å². The molecule has 160 valence electrons. The Bertz CT molecular complexity index is 1470. The molecule has 0 aromatic heterocycles. The van der Waals surface area contributed by atoms with E-state index in [0.717, 1.165) is 0 Å². The van der Waals surface area contributed by atoms with Gasteiger partial charge in [-0.3, -0.25) is 0 Å². The van der Waals surface area contributed by atoms with Gasteiger partial charge in [0, 0.05) is 0 Å². The number of hydrogen-bond donors (Lipinski definition) is 0. The van der Waals surface area contributed by atoms with Crippen LogP contribution in [0.1, 0.15) is 44.5 Å². The van der Waals surface area contributed by atoms with E-state index in [4.69, 9.17) is 0 Å². The molecule has 0 saturated carbocycles. The Hall–Kier alpha value is -3.64. The molecule has 0 spiro atoms. The first-order chi connectivity index (χ1) is 16.0. The summed E-state index contributed by atoms with van der Waals surface area (Å²) in [6, 6.07) is 36.7. The molecule has 0 N–H and O–H groups in total. The van der Waals surface area contributed by atoms with Crippen molar-refractivity contribution in [3.63, 3.8) is 0 Å². The van der Waals surface area contributed by atoms with Gasteiger partial charge in [0.2, 0.25) is 0 Å². The molecular weight excluding hydrogens is 396 g/mol. The Kier molecular flexibility index (Phi) is 4.35. The highest BCUT2D eigenvalue weighted by atomic mass is 14.5. The molecule has 0 radical (unpaired) electrons. The average Bonchev–Trinajstić information content (AvgIpc) is 3.10. The van der Waals surface area contributed by atoms with E-state index in [1.807, 2.05) is 0 Å². The zero-order chi connectivity index (χ0) is 22.7. The second-order valence-electron chi connectivity index (χ2n) is 9.69. The second kappa shape index (κ2) is 7.18. The van der Waals surface area contributed by atoms with Crippen LogP contribution in [-0.4, -0.2) is 0 Å². The predicted octanol–water partition coefficient (Wildman–Crippen LogP) is 8.44. The first-order valence-electron chi connectivity index (χ1n) is 11.8. The van der Waals surface area contributed by atoms with Gasteiger partial charge in [-0.15, -0.1) is 0 Å². The number of hydrogen-bond acceptors (Lipinski definition) is 0. The van der Waals surface area contributed by atoms with Gasteiger partial charge < -0.3 is 0 Å². The summed E-state index contributed by atoms with van der Waals surface area (Å²) in [7, 11) is 0. The summed E-state index contributed by atoms with van der Waals surface area (Å²) < 4.78 is 0. The van der Waals surface area contributed by atoms with Crippen molar-refractivity contribution in [1.29, 1.82) is 0 Å². The van der Waals surface area contributed by atoms with Gasteiger partial charge in [-0.1, -0.05) is 114 Å². The van der Waals surface area contributed by atoms with Crippen LogP contribution in [0.15, 0.2) is 97.1 Å². The van der Waals surface area contributed by atoms with Crippen molar-refractivity contribution in [3.8, 4) is 11.1 Å². The summed E-state index contributed by atoms with van der Waals surface area (Å²) >= 11 is 0. The van der Waals surface area contributed by atoms with Gasteiger partial charge in [0.25, 0.3) is 0 Å². The van der Waals surface area contributed by atoms with Gasteiger partial charge in [-0.2, -0.15) is 0 Å². The Morgan fingerprint density at radius 2 is 1.03 bits per heavy atom. The highest BCUT2D eigenvalue weighted by molar-refractivity contribution is 6.05.